The van der Waals surface area contributed by atoms with Gasteiger partial charge < -0.3 is 18.9 Å². The van der Waals surface area contributed by atoms with Gasteiger partial charge in [-0.3, -0.25) is 0 Å². The molecule has 0 aromatic heterocycles. The lowest BCUT2D eigenvalue weighted by Gasteiger charge is -2.23. The number of rotatable bonds is 16. The number of para-hydroxylation sites is 4. The molecule has 0 aliphatic heterocycles. The van der Waals surface area contributed by atoms with Crippen molar-refractivity contribution in [3.8, 4) is 23.0 Å². The number of hydrogen-bond acceptors (Lipinski definition) is 4. The Morgan fingerprint density at radius 1 is 0.423 bits per heavy atom. The van der Waals surface area contributed by atoms with Gasteiger partial charge in [-0.15, -0.1) is 0 Å². The molecule has 0 N–H and O–H groups in total. The zero-order valence-electron chi connectivity index (χ0n) is 32.2. The first-order valence-corrected chi connectivity index (χ1v) is 27.7. The second kappa shape index (κ2) is 18.9. The molecule has 8 heteroatoms. The van der Waals surface area contributed by atoms with Crippen LogP contribution in [0.1, 0.15) is 84.0 Å². The van der Waals surface area contributed by atoms with Gasteiger partial charge in [-0.1, -0.05) is 113 Å². The van der Waals surface area contributed by atoms with Gasteiger partial charge in [-0.05, 0) is 82.3 Å². The van der Waals surface area contributed by atoms with Gasteiger partial charge in [0.25, 0.3) is 0 Å². The monoisotopic (exact) mass is 776 g/mol. The summed E-state index contributed by atoms with van der Waals surface area (Å²) in [5.41, 5.74) is 9.30. The van der Waals surface area contributed by atoms with Crippen LogP contribution in [0.2, 0.25) is 38.3 Å². The van der Waals surface area contributed by atoms with Crippen LogP contribution in [0.25, 0.3) is 0 Å². The summed E-state index contributed by atoms with van der Waals surface area (Å²) in [5, 5.41) is 0. The lowest BCUT2D eigenvalue weighted by atomic mass is 9.91. The zero-order chi connectivity index (χ0) is 37.1. The van der Waals surface area contributed by atoms with Crippen molar-refractivity contribution in [2.75, 3.05) is 26.4 Å². The van der Waals surface area contributed by atoms with Crippen LogP contribution in [0.15, 0.2) is 72.8 Å². The third-order valence-electron chi connectivity index (χ3n) is 9.46. The summed E-state index contributed by atoms with van der Waals surface area (Å²) in [7, 11) is -3.41. The molecule has 0 saturated carbocycles. The topological polar surface area (TPSA) is 36.9 Å². The van der Waals surface area contributed by atoms with Crippen molar-refractivity contribution in [1.82, 2.24) is 0 Å². The van der Waals surface area contributed by atoms with Crippen LogP contribution in [-0.4, -0.2) is 41.2 Å². The van der Waals surface area contributed by atoms with Gasteiger partial charge in [-0.25, -0.2) is 0 Å². The van der Waals surface area contributed by atoms with Crippen LogP contribution >= 0.6 is 22.2 Å². The molecule has 4 nitrogen and oxygen atoms in total. The predicted octanol–water partition coefficient (Wildman–Crippen LogP) is 12.4. The first kappa shape index (κ1) is 40.3. The summed E-state index contributed by atoms with van der Waals surface area (Å²) in [6.45, 7) is 15.7. The molecule has 8 bridgehead atoms. The molecule has 4 aromatic carbocycles. The first-order chi connectivity index (χ1) is 25.0. The average molecular weight is 778 g/mol. The molecule has 0 heterocycles. The zero-order valence-corrected chi connectivity index (χ0v) is 35.7. The van der Waals surface area contributed by atoms with Crippen molar-refractivity contribution in [3.63, 3.8) is 0 Å². The number of fused-ring (bicyclic) bond motifs is 8. The first-order valence-electron chi connectivity index (χ1n) is 19.3. The molecular weight excluding hydrogens is 720 g/mol. The molecule has 0 radical (unpaired) electrons. The molecule has 280 valence electrons. The smallest absolute Gasteiger partial charge is 0.150 e. The summed E-state index contributed by atoms with van der Waals surface area (Å²) in [6.07, 6.45) is 6.54. The van der Waals surface area contributed by atoms with Crippen molar-refractivity contribution >= 4 is 36.9 Å². The minimum absolute atomic E-state index is 0.633. The van der Waals surface area contributed by atoms with E-state index < -0.39 is 14.8 Å². The fraction of sp³-hybridized carbons (Fsp3) is 0.455. The van der Waals surface area contributed by atoms with Crippen molar-refractivity contribution in [2.45, 2.75) is 103 Å². The molecule has 0 spiro atoms. The Balaban J connectivity index is 1.66. The molecule has 0 saturated heterocycles. The molecule has 5 rings (SSSR count). The van der Waals surface area contributed by atoms with Crippen molar-refractivity contribution in [3.05, 3.63) is 117 Å². The molecule has 1 aliphatic rings. The predicted molar refractivity (Wildman–Crippen MR) is 225 cm³/mol. The third-order valence-corrected chi connectivity index (χ3v) is 13.7. The van der Waals surface area contributed by atoms with E-state index in [1.54, 1.807) is 0 Å². The maximum atomic E-state index is 6.77. The maximum absolute atomic E-state index is 6.77. The van der Waals surface area contributed by atoms with Crippen LogP contribution in [0, 0.1) is 0 Å². The highest BCUT2D eigenvalue weighted by Gasteiger charge is 2.23. The van der Waals surface area contributed by atoms with Crippen molar-refractivity contribution in [1.29, 1.82) is 0 Å². The molecule has 1 aliphatic carbocycles. The van der Waals surface area contributed by atoms with E-state index in [2.05, 4.69) is 113 Å². The summed E-state index contributed by atoms with van der Waals surface area (Å²) in [6, 6.07) is 28.4. The van der Waals surface area contributed by atoms with E-state index in [0.717, 1.165) is 105 Å². The number of halogens is 2. The lowest BCUT2D eigenvalue weighted by Crippen LogP contribution is -2.17. The minimum atomic E-state index is -1.70. The Labute approximate surface area is 324 Å². The average Bonchev–Trinajstić information content (AvgIpc) is 3.08. The van der Waals surface area contributed by atoms with Gasteiger partial charge >= 0.3 is 0 Å². The molecule has 0 fully saturated rings. The van der Waals surface area contributed by atoms with Gasteiger partial charge in [0, 0.05) is 25.7 Å². The normalized spacial score (nSPS) is 13.1. The van der Waals surface area contributed by atoms with E-state index in [0.29, 0.717) is 52.1 Å². The number of hydrogen-bond donors (Lipinski definition) is 0. The highest BCUT2D eigenvalue weighted by molar-refractivity contribution is 7.19. The second-order valence-corrected chi connectivity index (χ2v) is 29.4. The molecule has 0 unspecified atom stereocenters. The van der Waals surface area contributed by atoms with Gasteiger partial charge in [0.05, 0.1) is 26.4 Å². The molecule has 0 atom stereocenters. The highest BCUT2D eigenvalue weighted by atomic mass is 35.6. The van der Waals surface area contributed by atoms with E-state index >= 15 is 0 Å². The number of ether oxygens (including phenoxy) is 4. The van der Waals surface area contributed by atoms with Gasteiger partial charge in [0.15, 0.2) is 14.8 Å². The Morgan fingerprint density at radius 3 is 0.865 bits per heavy atom. The second-order valence-electron chi connectivity index (χ2n) is 15.4. The van der Waals surface area contributed by atoms with E-state index in [-0.39, 0.29) is 0 Å². The third kappa shape index (κ3) is 11.5. The summed E-state index contributed by atoms with van der Waals surface area (Å²) >= 11 is 13.4. The molecule has 52 heavy (non-hydrogen) atoms. The van der Waals surface area contributed by atoms with Crippen LogP contribution in [0.5, 0.6) is 23.0 Å². The largest absolute Gasteiger partial charge is 0.493 e. The van der Waals surface area contributed by atoms with Crippen LogP contribution in [-0.2, 0) is 25.7 Å². The Kier molecular flexibility index (Phi) is 14.7. The Hall–Kier alpha value is -2.91. The van der Waals surface area contributed by atoms with Gasteiger partial charge in [0.1, 0.15) is 23.0 Å². The SMILES string of the molecule is CCCOc1c2cccc1Cc1cccc(c1OCCC[Si](C)(C)Cl)Cc1cccc(c1OCCC)Cc1cccc(c1OCCC[Si](C)(C)Cl)C2. The molecule has 4 aromatic rings. The van der Waals surface area contributed by atoms with E-state index in [9.17, 15) is 0 Å². The van der Waals surface area contributed by atoms with Crippen LogP contribution in [0.4, 0.5) is 0 Å². The van der Waals surface area contributed by atoms with Crippen LogP contribution < -0.4 is 18.9 Å². The molecular formula is C44H58Cl2O4Si2. The van der Waals surface area contributed by atoms with Gasteiger partial charge in [-0.2, -0.15) is 22.2 Å². The fourth-order valence-corrected chi connectivity index (χ4v) is 9.74. The van der Waals surface area contributed by atoms with E-state index in [1.807, 2.05) is 0 Å². The molecule has 0 amide bonds. The van der Waals surface area contributed by atoms with Crippen molar-refractivity contribution in [2.24, 2.45) is 0 Å². The number of benzene rings is 4. The fourth-order valence-electron chi connectivity index (χ4n) is 6.97. The van der Waals surface area contributed by atoms with Gasteiger partial charge in [0.2, 0.25) is 0 Å². The quantitative estimate of drug-likeness (QED) is 0.0568. The summed E-state index contributed by atoms with van der Waals surface area (Å²) < 4.78 is 26.8. The standard InChI is InChI=1S/C44H58Cl2O4Si2/c1-7-23-47-41-33-15-9-16-34(41)30-38-20-12-22-40(44(38)50-26-14-28-52(5,6)46)32-36-18-10-17-35(42(36)48-24-8-2)31-39-21-11-19-37(29-33)43(39)49-25-13-27-51(3,4)45/h9-12,15-22H,7-8,13-14,23-32H2,1-6H3. The highest BCUT2D eigenvalue weighted by Crippen LogP contribution is 2.39. The minimum Gasteiger partial charge on any atom is -0.493 e. The Bertz CT molecular complexity index is 1550. The summed E-state index contributed by atoms with van der Waals surface area (Å²) in [4.78, 5) is 0. The van der Waals surface area contributed by atoms with Crippen molar-refractivity contribution < 1.29 is 18.9 Å². The van der Waals surface area contributed by atoms with E-state index in [4.69, 9.17) is 41.1 Å². The Morgan fingerprint density at radius 2 is 0.654 bits per heavy atom. The van der Waals surface area contributed by atoms with Crippen LogP contribution in [0.3, 0.4) is 0 Å². The van der Waals surface area contributed by atoms with E-state index in [1.165, 1.54) is 0 Å². The summed E-state index contributed by atoms with van der Waals surface area (Å²) in [5.74, 6) is 3.86. The maximum Gasteiger partial charge on any atom is 0.150 e. The lowest BCUT2D eigenvalue weighted by molar-refractivity contribution is 0.304.